The lowest BCUT2D eigenvalue weighted by atomic mass is 10.3. The van der Waals surface area contributed by atoms with Crippen LogP contribution >= 0.6 is 39.5 Å². The number of aryl methyl sites for hydroxylation is 1. The maximum absolute atomic E-state index is 13.0. The van der Waals surface area contributed by atoms with E-state index in [0.29, 0.717) is 16.5 Å². The van der Waals surface area contributed by atoms with Crippen molar-refractivity contribution in [2.45, 2.75) is 35.1 Å². The number of hydrogen-bond acceptors (Lipinski definition) is 6. The lowest BCUT2D eigenvalue weighted by molar-refractivity contribution is -0.140. The second-order valence-electron chi connectivity index (χ2n) is 5.42. The molecule has 0 spiro atoms. The Bertz CT molecular complexity index is 852. The largest absolute Gasteiger partial charge is 0.468 e. The number of halogens is 1. The van der Waals surface area contributed by atoms with Crippen LogP contribution in [0.5, 0.6) is 0 Å². The van der Waals surface area contributed by atoms with Crippen LogP contribution in [0, 0.1) is 0 Å². The third-order valence-corrected chi connectivity index (χ3v) is 6.76. The first kappa shape index (κ1) is 18.5. The molecule has 1 atom stereocenters. The van der Waals surface area contributed by atoms with E-state index in [0.717, 1.165) is 28.0 Å². The van der Waals surface area contributed by atoms with Gasteiger partial charge in [0.2, 0.25) is 0 Å². The fourth-order valence-corrected chi connectivity index (χ4v) is 4.91. The molecule has 1 aliphatic rings. The maximum Gasteiger partial charge on any atom is 0.319 e. The molecular weight excluding hydrogens is 424 g/mol. The monoisotopic (exact) mass is 440 g/mol. The van der Waals surface area contributed by atoms with Crippen molar-refractivity contribution in [2.24, 2.45) is 0 Å². The molecule has 0 amide bonds. The number of carbonyl (C=O) groups excluding carboxylic acids is 1. The van der Waals surface area contributed by atoms with Gasteiger partial charge in [0.05, 0.1) is 23.4 Å². The number of ether oxygens (including phenoxy) is 1. The normalized spacial score (nSPS) is 14.2. The van der Waals surface area contributed by atoms with Crippen molar-refractivity contribution in [3.05, 3.63) is 44.8 Å². The van der Waals surface area contributed by atoms with Crippen LogP contribution in [0.15, 0.2) is 43.6 Å². The highest BCUT2D eigenvalue weighted by Gasteiger charge is 2.26. The van der Waals surface area contributed by atoms with Gasteiger partial charge >= 0.3 is 5.97 Å². The first-order valence-corrected chi connectivity index (χ1v) is 10.5. The third kappa shape index (κ3) is 3.80. The van der Waals surface area contributed by atoms with Gasteiger partial charge in [0, 0.05) is 16.6 Å². The predicted octanol–water partition coefficient (Wildman–Crippen LogP) is 3.69. The average Bonchev–Trinajstić information content (AvgIpc) is 3.09. The fraction of sp³-hybridized carbons (Fsp3) is 0.353. The number of thioether (sulfide) groups is 2. The molecule has 2 aromatic rings. The number of carbonyl (C=O) groups is 1. The van der Waals surface area contributed by atoms with E-state index in [4.69, 9.17) is 9.72 Å². The zero-order valence-electron chi connectivity index (χ0n) is 13.8. The Morgan fingerprint density at radius 1 is 1.44 bits per heavy atom. The quantitative estimate of drug-likeness (QED) is 0.401. The van der Waals surface area contributed by atoms with Crippen molar-refractivity contribution in [3.63, 3.8) is 0 Å². The minimum Gasteiger partial charge on any atom is -0.468 e. The Hall–Kier alpha value is -1.25. The Morgan fingerprint density at radius 3 is 2.80 bits per heavy atom. The van der Waals surface area contributed by atoms with Crippen LogP contribution in [0.3, 0.4) is 0 Å². The standard InChI is InChI=1S/C17H17BrN2O3S2/c1-3-13(16(22)23-2)25-17-19-12-8-9-24-14(12)15(21)20(17)11-6-4-10(18)5-7-11/h4-7,13H,3,8-9H2,1-2H3/t13-/m0/s1. The van der Waals surface area contributed by atoms with Gasteiger partial charge in [-0.2, -0.15) is 0 Å². The summed E-state index contributed by atoms with van der Waals surface area (Å²) in [5.41, 5.74) is 1.49. The molecule has 25 heavy (non-hydrogen) atoms. The van der Waals surface area contributed by atoms with Gasteiger partial charge in [-0.1, -0.05) is 34.6 Å². The van der Waals surface area contributed by atoms with Crippen LogP contribution < -0.4 is 5.56 Å². The SMILES string of the molecule is CC[C@H](Sc1nc2c(c(=O)n1-c1ccc(Br)cc1)SCC2)C(=O)OC. The van der Waals surface area contributed by atoms with E-state index in [9.17, 15) is 9.59 Å². The average molecular weight is 441 g/mol. The van der Waals surface area contributed by atoms with Crippen LogP contribution in [0.4, 0.5) is 0 Å². The molecule has 132 valence electrons. The molecule has 0 bridgehead atoms. The molecule has 0 saturated heterocycles. The Morgan fingerprint density at radius 2 is 2.16 bits per heavy atom. The molecule has 2 heterocycles. The van der Waals surface area contributed by atoms with Crippen LogP contribution in [-0.4, -0.2) is 33.6 Å². The molecule has 0 radical (unpaired) electrons. The number of hydrogen-bond donors (Lipinski definition) is 0. The molecule has 0 aliphatic carbocycles. The van der Waals surface area contributed by atoms with E-state index in [1.165, 1.54) is 18.9 Å². The number of esters is 1. The Labute approximate surface area is 162 Å². The van der Waals surface area contributed by atoms with Crippen molar-refractivity contribution < 1.29 is 9.53 Å². The molecule has 1 aromatic heterocycles. The molecule has 0 N–H and O–H groups in total. The summed E-state index contributed by atoms with van der Waals surface area (Å²) in [6.07, 6.45) is 1.37. The molecule has 0 fully saturated rings. The van der Waals surface area contributed by atoms with Crippen molar-refractivity contribution in [3.8, 4) is 5.69 Å². The minimum atomic E-state index is -0.397. The molecular formula is C17H17BrN2O3S2. The van der Waals surface area contributed by atoms with Crippen LogP contribution in [0.2, 0.25) is 0 Å². The second-order valence-corrected chi connectivity index (χ2v) is 8.61. The smallest absolute Gasteiger partial charge is 0.319 e. The lowest BCUT2D eigenvalue weighted by Crippen LogP contribution is -2.26. The molecule has 3 rings (SSSR count). The van der Waals surface area contributed by atoms with E-state index < -0.39 is 5.25 Å². The molecule has 8 heteroatoms. The van der Waals surface area contributed by atoms with Crippen LogP contribution in [-0.2, 0) is 16.0 Å². The number of rotatable bonds is 5. The van der Waals surface area contributed by atoms with Gasteiger partial charge in [0.25, 0.3) is 5.56 Å². The summed E-state index contributed by atoms with van der Waals surface area (Å²) in [4.78, 5) is 30.4. The number of fused-ring (bicyclic) bond motifs is 1. The summed E-state index contributed by atoms with van der Waals surface area (Å²) in [6, 6.07) is 7.49. The predicted molar refractivity (Wildman–Crippen MR) is 104 cm³/mol. The van der Waals surface area contributed by atoms with Gasteiger partial charge < -0.3 is 4.74 Å². The Kier molecular flexibility index (Phi) is 5.91. The van der Waals surface area contributed by atoms with Crippen LogP contribution in [0.1, 0.15) is 19.0 Å². The summed E-state index contributed by atoms with van der Waals surface area (Å²) in [6.45, 7) is 1.92. The maximum atomic E-state index is 13.0. The van der Waals surface area contributed by atoms with Gasteiger partial charge in [-0.05, 0) is 30.7 Å². The zero-order valence-corrected chi connectivity index (χ0v) is 17.0. The van der Waals surface area contributed by atoms with Gasteiger partial charge in [-0.25, -0.2) is 4.98 Å². The highest BCUT2D eigenvalue weighted by molar-refractivity contribution is 9.10. The minimum absolute atomic E-state index is 0.0722. The lowest BCUT2D eigenvalue weighted by Gasteiger charge is -2.17. The summed E-state index contributed by atoms with van der Waals surface area (Å²) in [5, 5.41) is 0.136. The number of methoxy groups -OCH3 is 1. The first-order chi connectivity index (χ1) is 12.0. The van der Waals surface area contributed by atoms with Gasteiger partial charge in [0.15, 0.2) is 5.16 Å². The van der Waals surface area contributed by atoms with Crippen molar-refractivity contribution in [2.75, 3.05) is 12.9 Å². The third-order valence-electron chi connectivity index (χ3n) is 3.83. The highest BCUT2D eigenvalue weighted by atomic mass is 79.9. The van der Waals surface area contributed by atoms with Crippen molar-refractivity contribution in [1.82, 2.24) is 9.55 Å². The molecule has 1 aliphatic heterocycles. The molecule has 0 saturated carbocycles. The molecule has 1 aromatic carbocycles. The van der Waals surface area contributed by atoms with Gasteiger partial charge in [-0.3, -0.25) is 14.2 Å². The number of aromatic nitrogens is 2. The van der Waals surface area contributed by atoms with E-state index in [1.54, 1.807) is 16.3 Å². The van der Waals surface area contributed by atoms with Gasteiger partial charge in [0.1, 0.15) is 5.25 Å². The van der Waals surface area contributed by atoms with E-state index in [2.05, 4.69) is 15.9 Å². The Balaban J connectivity index is 2.13. The number of nitrogens with zero attached hydrogens (tertiary/aromatic N) is 2. The fourth-order valence-electron chi connectivity index (χ4n) is 2.55. The topological polar surface area (TPSA) is 61.2 Å². The zero-order chi connectivity index (χ0) is 18.0. The van der Waals surface area contributed by atoms with Crippen LogP contribution in [0.25, 0.3) is 5.69 Å². The highest BCUT2D eigenvalue weighted by Crippen LogP contribution is 2.32. The summed E-state index contributed by atoms with van der Waals surface area (Å²) in [7, 11) is 1.38. The van der Waals surface area contributed by atoms with E-state index in [1.807, 2.05) is 31.2 Å². The molecule has 0 unspecified atom stereocenters. The van der Waals surface area contributed by atoms with E-state index >= 15 is 0 Å². The summed E-state index contributed by atoms with van der Waals surface area (Å²) < 4.78 is 7.40. The van der Waals surface area contributed by atoms with Gasteiger partial charge in [-0.15, -0.1) is 11.8 Å². The van der Waals surface area contributed by atoms with Crippen molar-refractivity contribution in [1.29, 1.82) is 0 Å². The molecule has 5 nitrogen and oxygen atoms in total. The first-order valence-electron chi connectivity index (χ1n) is 7.84. The summed E-state index contributed by atoms with van der Waals surface area (Å²) >= 11 is 6.24. The van der Waals surface area contributed by atoms with E-state index in [-0.39, 0.29) is 11.5 Å². The number of benzene rings is 1. The second kappa shape index (κ2) is 7.97. The van der Waals surface area contributed by atoms with Crippen molar-refractivity contribution >= 4 is 45.4 Å². The summed E-state index contributed by atoms with van der Waals surface area (Å²) in [5.74, 6) is 0.555.